The molecule has 4 rings (SSSR count). The number of aromatic hydroxyl groups is 1. The van der Waals surface area contributed by atoms with Crippen LogP contribution >= 0.6 is 0 Å². The van der Waals surface area contributed by atoms with Gasteiger partial charge in [0.25, 0.3) is 0 Å². The predicted molar refractivity (Wildman–Crippen MR) is 116 cm³/mol. The van der Waals surface area contributed by atoms with Crippen LogP contribution in [-0.2, 0) is 0 Å². The monoisotopic (exact) mass is 388 g/mol. The molecule has 0 unspecified atom stereocenters. The zero-order valence-electron chi connectivity index (χ0n) is 17.3. The lowest BCUT2D eigenvalue weighted by Crippen LogP contribution is -2.47. The van der Waals surface area contributed by atoms with Crippen molar-refractivity contribution in [2.45, 2.75) is 44.1 Å². The van der Waals surface area contributed by atoms with Crippen LogP contribution in [-0.4, -0.2) is 17.8 Å². The molecule has 0 aliphatic carbocycles. The largest absolute Gasteiger partial charge is 0.508 e. The Kier molecular flexibility index (Phi) is 5.23. The van der Waals surface area contributed by atoms with Gasteiger partial charge in [0.2, 0.25) is 0 Å². The second kappa shape index (κ2) is 7.82. The van der Waals surface area contributed by atoms with Crippen LogP contribution in [0.5, 0.6) is 17.2 Å². The Morgan fingerprint density at radius 3 is 2.21 bits per heavy atom. The van der Waals surface area contributed by atoms with Gasteiger partial charge in [0.05, 0.1) is 7.11 Å². The number of ether oxygens (including phenoxy) is 2. The van der Waals surface area contributed by atoms with Crippen LogP contribution in [0.15, 0.2) is 72.8 Å². The number of benzene rings is 3. The molecular weight excluding hydrogens is 360 g/mol. The highest BCUT2D eigenvalue weighted by Crippen LogP contribution is 2.55. The third-order valence-corrected chi connectivity index (χ3v) is 6.38. The molecule has 0 fully saturated rings. The first-order valence-electron chi connectivity index (χ1n) is 10.3. The summed E-state index contributed by atoms with van der Waals surface area (Å²) in [6.45, 7) is 4.41. The van der Waals surface area contributed by atoms with Crippen molar-refractivity contribution in [2.75, 3.05) is 7.11 Å². The Balaban J connectivity index is 1.98. The average Bonchev–Trinajstić information content (AvgIpc) is 2.78. The van der Waals surface area contributed by atoms with Crippen molar-refractivity contribution < 1.29 is 14.6 Å². The number of phenols is 1. The van der Waals surface area contributed by atoms with Gasteiger partial charge < -0.3 is 14.6 Å². The second-order valence-electron chi connectivity index (χ2n) is 7.74. The molecule has 0 saturated heterocycles. The van der Waals surface area contributed by atoms with E-state index < -0.39 is 0 Å². The third kappa shape index (κ3) is 3.35. The molecule has 1 heterocycles. The van der Waals surface area contributed by atoms with Crippen molar-refractivity contribution in [2.24, 2.45) is 0 Å². The van der Waals surface area contributed by atoms with Gasteiger partial charge in [-0.2, -0.15) is 0 Å². The van der Waals surface area contributed by atoms with E-state index in [0.29, 0.717) is 0 Å². The Labute approximate surface area is 172 Å². The van der Waals surface area contributed by atoms with E-state index in [1.165, 1.54) is 11.1 Å². The van der Waals surface area contributed by atoms with Crippen LogP contribution in [0.3, 0.4) is 0 Å². The summed E-state index contributed by atoms with van der Waals surface area (Å²) >= 11 is 0. The zero-order valence-corrected chi connectivity index (χ0v) is 17.3. The third-order valence-electron chi connectivity index (χ3n) is 6.38. The van der Waals surface area contributed by atoms with E-state index in [4.69, 9.17) is 9.47 Å². The van der Waals surface area contributed by atoms with Gasteiger partial charge in [-0.1, -0.05) is 62.4 Å². The summed E-state index contributed by atoms with van der Waals surface area (Å²) in [6.07, 6.45) is 1.79. The Bertz CT molecular complexity index is 959. The van der Waals surface area contributed by atoms with E-state index in [1.807, 2.05) is 24.3 Å². The van der Waals surface area contributed by atoms with Gasteiger partial charge in [0.1, 0.15) is 22.8 Å². The highest BCUT2D eigenvalue weighted by Gasteiger charge is 2.49. The molecular formula is C26H28O3. The lowest BCUT2D eigenvalue weighted by atomic mass is 9.65. The van der Waals surface area contributed by atoms with Gasteiger partial charge in [-0.15, -0.1) is 0 Å². The minimum atomic E-state index is -0.330. The van der Waals surface area contributed by atoms with Crippen LogP contribution < -0.4 is 9.47 Å². The molecule has 3 aromatic carbocycles. The van der Waals surface area contributed by atoms with Gasteiger partial charge in [-0.05, 0) is 42.2 Å². The number of fused-ring (bicyclic) bond motifs is 1. The van der Waals surface area contributed by atoms with Gasteiger partial charge >= 0.3 is 0 Å². The molecule has 2 atom stereocenters. The fourth-order valence-corrected chi connectivity index (χ4v) is 4.80. The van der Waals surface area contributed by atoms with E-state index in [0.717, 1.165) is 29.9 Å². The Morgan fingerprint density at radius 1 is 0.897 bits per heavy atom. The van der Waals surface area contributed by atoms with E-state index in [9.17, 15) is 5.11 Å². The Hall–Kier alpha value is -2.94. The van der Waals surface area contributed by atoms with Gasteiger partial charge in [-0.3, -0.25) is 0 Å². The summed E-state index contributed by atoms with van der Waals surface area (Å²) in [5, 5.41) is 9.86. The molecule has 0 spiro atoms. The van der Waals surface area contributed by atoms with Crippen molar-refractivity contribution in [1.82, 2.24) is 0 Å². The SMILES string of the molecule is CCC1(CC)Oc2cc(OC)ccc2[C@@H](c2ccc(O)cc2)[C@H]1c1ccccc1. The fourth-order valence-electron chi connectivity index (χ4n) is 4.80. The maximum Gasteiger partial charge on any atom is 0.127 e. The second-order valence-corrected chi connectivity index (χ2v) is 7.74. The molecule has 29 heavy (non-hydrogen) atoms. The highest BCUT2D eigenvalue weighted by molar-refractivity contribution is 5.52. The first-order chi connectivity index (χ1) is 14.1. The Morgan fingerprint density at radius 2 is 1.59 bits per heavy atom. The maximum absolute atomic E-state index is 9.86. The molecule has 0 radical (unpaired) electrons. The predicted octanol–water partition coefficient (Wildman–Crippen LogP) is 6.27. The van der Waals surface area contributed by atoms with Crippen molar-refractivity contribution in [3.05, 3.63) is 89.5 Å². The highest BCUT2D eigenvalue weighted by atomic mass is 16.5. The van der Waals surface area contributed by atoms with Crippen LogP contribution in [0.1, 0.15) is 55.2 Å². The quantitative estimate of drug-likeness (QED) is 0.560. The summed E-state index contributed by atoms with van der Waals surface area (Å²) < 4.78 is 12.2. The van der Waals surface area contributed by atoms with Gasteiger partial charge in [-0.25, -0.2) is 0 Å². The number of methoxy groups -OCH3 is 1. The molecule has 1 aliphatic rings. The maximum atomic E-state index is 9.86. The summed E-state index contributed by atoms with van der Waals surface area (Å²) in [4.78, 5) is 0. The summed E-state index contributed by atoms with van der Waals surface area (Å²) in [7, 11) is 1.68. The number of rotatable bonds is 5. The van der Waals surface area contributed by atoms with E-state index in [1.54, 1.807) is 19.2 Å². The zero-order chi connectivity index (χ0) is 20.4. The van der Waals surface area contributed by atoms with E-state index in [2.05, 4.69) is 50.2 Å². The van der Waals surface area contributed by atoms with E-state index in [-0.39, 0.29) is 23.2 Å². The van der Waals surface area contributed by atoms with Crippen LogP contribution in [0, 0.1) is 0 Å². The van der Waals surface area contributed by atoms with Crippen LogP contribution in [0.25, 0.3) is 0 Å². The normalized spacial score (nSPS) is 19.8. The number of phenolic OH excluding ortho intramolecular Hbond substituents is 1. The van der Waals surface area contributed by atoms with Gasteiger partial charge in [0, 0.05) is 23.5 Å². The van der Waals surface area contributed by atoms with E-state index >= 15 is 0 Å². The molecule has 3 heteroatoms. The van der Waals surface area contributed by atoms with Gasteiger partial charge in [0.15, 0.2) is 0 Å². The molecule has 1 aliphatic heterocycles. The summed E-state index contributed by atoms with van der Waals surface area (Å²) in [5.74, 6) is 2.24. The minimum absolute atomic E-state index is 0.118. The molecule has 0 amide bonds. The molecule has 0 aromatic heterocycles. The summed E-state index contributed by atoms with van der Waals surface area (Å²) in [6, 6.07) is 24.4. The standard InChI is InChI=1S/C26H28O3/c1-4-26(5-2)25(19-9-7-6-8-10-19)24(18-11-13-20(27)14-12-18)22-16-15-21(28-3)17-23(22)29-26/h6-17,24-25,27H,4-5H2,1-3H3/t24-,25-/m1/s1. The first kappa shape index (κ1) is 19.4. The van der Waals surface area contributed by atoms with Crippen molar-refractivity contribution in [3.8, 4) is 17.2 Å². The molecule has 0 bridgehead atoms. The topological polar surface area (TPSA) is 38.7 Å². The summed E-state index contributed by atoms with van der Waals surface area (Å²) in [5.41, 5.74) is 3.28. The minimum Gasteiger partial charge on any atom is -0.508 e. The lowest BCUT2D eigenvalue weighted by Gasteiger charge is -2.49. The fraction of sp³-hybridized carbons (Fsp3) is 0.308. The molecule has 1 N–H and O–H groups in total. The lowest BCUT2D eigenvalue weighted by molar-refractivity contribution is 0.00953. The smallest absolute Gasteiger partial charge is 0.127 e. The number of hydrogen-bond donors (Lipinski definition) is 1. The number of hydrogen-bond acceptors (Lipinski definition) is 3. The average molecular weight is 389 g/mol. The van der Waals surface area contributed by atoms with Crippen molar-refractivity contribution in [1.29, 1.82) is 0 Å². The first-order valence-corrected chi connectivity index (χ1v) is 10.3. The van der Waals surface area contributed by atoms with Crippen molar-refractivity contribution >= 4 is 0 Å². The van der Waals surface area contributed by atoms with Crippen LogP contribution in [0.4, 0.5) is 0 Å². The van der Waals surface area contributed by atoms with Crippen LogP contribution in [0.2, 0.25) is 0 Å². The van der Waals surface area contributed by atoms with Crippen molar-refractivity contribution in [3.63, 3.8) is 0 Å². The molecule has 3 aromatic rings. The molecule has 0 saturated carbocycles. The molecule has 3 nitrogen and oxygen atoms in total. The molecule has 150 valence electrons.